The van der Waals surface area contributed by atoms with Crippen LogP contribution in [0.25, 0.3) is 5.69 Å². The number of carbonyl (C=O) groups excluding carboxylic acids is 1. The molecule has 0 atom stereocenters. The number of nitrogens with zero attached hydrogens (tertiary/aromatic N) is 2. The molecule has 1 aromatic heterocycles. The Hall–Kier alpha value is -2.60. The van der Waals surface area contributed by atoms with Crippen LogP contribution in [0.1, 0.15) is 10.4 Å². The Kier molecular flexibility index (Phi) is 4.43. The Balaban J connectivity index is 1.74. The van der Waals surface area contributed by atoms with Crippen LogP contribution in [0.2, 0.25) is 0 Å². The summed E-state index contributed by atoms with van der Waals surface area (Å²) in [5, 5.41) is 7.05. The first kappa shape index (κ1) is 15.3. The van der Waals surface area contributed by atoms with Gasteiger partial charge in [0.1, 0.15) is 5.75 Å². The Morgan fingerprint density at radius 2 is 1.83 bits per heavy atom. The van der Waals surface area contributed by atoms with Gasteiger partial charge in [-0.05, 0) is 48.5 Å². The fourth-order valence-electron chi connectivity index (χ4n) is 2.05. The van der Waals surface area contributed by atoms with Crippen molar-refractivity contribution in [1.29, 1.82) is 0 Å². The summed E-state index contributed by atoms with van der Waals surface area (Å²) in [7, 11) is 1.60. The summed E-state index contributed by atoms with van der Waals surface area (Å²) in [6.07, 6.45) is 3.24. The Morgan fingerprint density at radius 3 is 2.48 bits per heavy atom. The number of hydrogen-bond donors (Lipinski definition) is 1. The summed E-state index contributed by atoms with van der Waals surface area (Å²) in [6.45, 7) is 0. The molecular formula is C17H14BrN3O2. The van der Waals surface area contributed by atoms with Gasteiger partial charge in [-0.1, -0.05) is 15.9 Å². The molecule has 3 rings (SSSR count). The fraction of sp³-hybridized carbons (Fsp3) is 0.0588. The van der Waals surface area contributed by atoms with Gasteiger partial charge in [0.15, 0.2) is 0 Å². The highest BCUT2D eigenvalue weighted by Crippen LogP contribution is 2.17. The number of ether oxygens (including phenoxy) is 1. The van der Waals surface area contributed by atoms with Gasteiger partial charge >= 0.3 is 0 Å². The molecule has 3 aromatic rings. The van der Waals surface area contributed by atoms with E-state index in [0.717, 1.165) is 15.9 Å². The minimum atomic E-state index is -0.210. The number of amides is 1. The van der Waals surface area contributed by atoms with Crippen molar-refractivity contribution in [1.82, 2.24) is 9.78 Å². The Morgan fingerprint density at radius 1 is 1.13 bits per heavy atom. The van der Waals surface area contributed by atoms with E-state index in [9.17, 15) is 4.79 Å². The van der Waals surface area contributed by atoms with Crippen LogP contribution in [0.15, 0.2) is 65.4 Å². The topological polar surface area (TPSA) is 56.1 Å². The third kappa shape index (κ3) is 3.60. The maximum atomic E-state index is 12.3. The highest BCUT2D eigenvalue weighted by Gasteiger charge is 2.10. The highest BCUT2D eigenvalue weighted by molar-refractivity contribution is 9.10. The van der Waals surface area contributed by atoms with E-state index < -0.39 is 0 Å². The van der Waals surface area contributed by atoms with E-state index in [4.69, 9.17) is 4.74 Å². The number of benzene rings is 2. The molecule has 0 radical (unpaired) electrons. The second-order valence-electron chi connectivity index (χ2n) is 4.83. The van der Waals surface area contributed by atoms with Gasteiger partial charge < -0.3 is 10.1 Å². The zero-order valence-corrected chi connectivity index (χ0v) is 13.9. The van der Waals surface area contributed by atoms with Gasteiger partial charge in [0.05, 0.1) is 24.6 Å². The fourth-order valence-corrected chi connectivity index (χ4v) is 2.32. The zero-order chi connectivity index (χ0) is 16.2. The molecule has 0 saturated heterocycles. The molecule has 0 aliphatic heterocycles. The molecule has 0 saturated carbocycles. The van der Waals surface area contributed by atoms with Crippen molar-refractivity contribution in [2.24, 2.45) is 0 Å². The molecule has 116 valence electrons. The minimum Gasteiger partial charge on any atom is -0.497 e. The number of rotatable bonds is 4. The summed E-state index contributed by atoms with van der Waals surface area (Å²) in [4.78, 5) is 12.3. The second kappa shape index (κ2) is 6.66. The quantitative estimate of drug-likeness (QED) is 0.756. The lowest BCUT2D eigenvalue weighted by molar-refractivity contribution is 0.102. The van der Waals surface area contributed by atoms with E-state index in [0.29, 0.717) is 11.3 Å². The van der Waals surface area contributed by atoms with Gasteiger partial charge in [0.25, 0.3) is 5.91 Å². The molecule has 0 bridgehead atoms. The molecule has 0 fully saturated rings. The molecule has 1 N–H and O–H groups in total. The Labute approximate surface area is 142 Å². The standard InChI is InChI=1S/C17H14BrN3O2/c1-23-16-8-4-14(5-9-16)20-17(22)12-10-19-21(11-12)15-6-2-13(18)3-7-15/h2-11H,1H3,(H,20,22). The lowest BCUT2D eigenvalue weighted by Crippen LogP contribution is -2.10. The predicted molar refractivity (Wildman–Crippen MR) is 92.2 cm³/mol. The average molecular weight is 372 g/mol. The average Bonchev–Trinajstić information content (AvgIpc) is 3.06. The smallest absolute Gasteiger partial charge is 0.258 e. The molecule has 2 aromatic carbocycles. The van der Waals surface area contributed by atoms with Gasteiger partial charge in [-0.25, -0.2) is 4.68 Å². The van der Waals surface area contributed by atoms with E-state index in [2.05, 4.69) is 26.3 Å². The van der Waals surface area contributed by atoms with Gasteiger partial charge in [-0.2, -0.15) is 5.10 Å². The lowest BCUT2D eigenvalue weighted by Gasteiger charge is -2.05. The number of methoxy groups -OCH3 is 1. The second-order valence-corrected chi connectivity index (χ2v) is 5.75. The summed E-state index contributed by atoms with van der Waals surface area (Å²) >= 11 is 3.39. The van der Waals surface area contributed by atoms with Crippen LogP contribution in [0, 0.1) is 0 Å². The van der Waals surface area contributed by atoms with Crippen molar-refractivity contribution in [2.45, 2.75) is 0 Å². The van der Waals surface area contributed by atoms with Crippen LogP contribution in [0.4, 0.5) is 5.69 Å². The number of halogens is 1. The van der Waals surface area contributed by atoms with Crippen LogP contribution >= 0.6 is 15.9 Å². The van der Waals surface area contributed by atoms with E-state index >= 15 is 0 Å². The molecule has 0 aliphatic rings. The summed E-state index contributed by atoms with van der Waals surface area (Å²) in [6, 6.07) is 14.8. The Bertz CT molecular complexity index is 811. The van der Waals surface area contributed by atoms with Crippen molar-refractivity contribution in [3.05, 3.63) is 71.0 Å². The van der Waals surface area contributed by atoms with E-state index in [1.807, 2.05) is 24.3 Å². The number of nitrogens with one attached hydrogen (secondary N) is 1. The van der Waals surface area contributed by atoms with Crippen LogP contribution in [-0.2, 0) is 0 Å². The van der Waals surface area contributed by atoms with Crippen LogP contribution < -0.4 is 10.1 Å². The number of carbonyl (C=O) groups is 1. The molecule has 0 unspecified atom stereocenters. The summed E-state index contributed by atoms with van der Waals surface area (Å²) < 4.78 is 7.74. The van der Waals surface area contributed by atoms with E-state index in [-0.39, 0.29) is 5.91 Å². The molecular weight excluding hydrogens is 358 g/mol. The first-order valence-corrected chi connectivity index (χ1v) is 7.71. The van der Waals surface area contributed by atoms with Crippen LogP contribution in [0.3, 0.4) is 0 Å². The van der Waals surface area contributed by atoms with Gasteiger partial charge in [0, 0.05) is 16.4 Å². The normalized spacial score (nSPS) is 10.3. The number of anilines is 1. The van der Waals surface area contributed by atoms with E-state index in [1.165, 1.54) is 0 Å². The van der Waals surface area contributed by atoms with Crippen molar-refractivity contribution < 1.29 is 9.53 Å². The molecule has 0 spiro atoms. The van der Waals surface area contributed by atoms with Crippen molar-refractivity contribution >= 4 is 27.5 Å². The minimum absolute atomic E-state index is 0.210. The zero-order valence-electron chi connectivity index (χ0n) is 12.4. The molecule has 1 heterocycles. The third-order valence-corrected chi connectivity index (χ3v) is 3.81. The van der Waals surface area contributed by atoms with Gasteiger partial charge in [0.2, 0.25) is 0 Å². The molecule has 0 aliphatic carbocycles. The van der Waals surface area contributed by atoms with Crippen molar-refractivity contribution in [3.8, 4) is 11.4 Å². The van der Waals surface area contributed by atoms with E-state index in [1.54, 1.807) is 48.5 Å². The number of aromatic nitrogens is 2. The van der Waals surface area contributed by atoms with Crippen LogP contribution in [-0.4, -0.2) is 22.8 Å². The molecule has 1 amide bonds. The molecule has 6 heteroatoms. The first-order chi connectivity index (χ1) is 11.2. The monoisotopic (exact) mass is 371 g/mol. The molecule has 5 nitrogen and oxygen atoms in total. The first-order valence-electron chi connectivity index (χ1n) is 6.92. The highest BCUT2D eigenvalue weighted by atomic mass is 79.9. The largest absolute Gasteiger partial charge is 0.497 e. The molecule has 23 heavy (non-hydrogen) atoms. The van der Waals surface area contributed by atoms with Gasteiger partial charge in [-0.3, -0.25) is 4.79 Å². The lowest BCUT2D eigenvalue weighted by atomic mass is 10.2. The van der Waals surface area contributed by atoms with Crippen LogP contribution in [0.5, 0.6) is 5.75 Å². The SMILES string of the molecule is COc1ccc(NC(=O)c2cnn(-c3ccc(Br)cc3)c2)cc1. The summed E-state index contributed by atoms with van der Waals surface area (Å²) in [5.74, 6) is 0.532. The maximum absolute atomic E-state index is 12.3. The maximum Gasteiger partial charge on any atom is 0.258 e. The summed E-state index contributed by atoms with van der Waals surface area (Å²) in [5.41, 5.74) is 2.08. The number of hydrogen-bond acceptors (Lipinski definition) is 3. The van der Waals surface area contributed by atoms with Gasteiger partial charge in [-0.15, -0.1) is 0 Å². The third-order valence-electron chi connectivity index (χ3n) is 3.28. The predicted octanol–water partition coefficient (Wildman–Crippen LogP) is 3.90. The van der Waals surface area contributed by atoms with Crippen molar-refractivity contribution in [3.63, 3.8) is 0 Å². The van der Waals surface area contributed by atoms with Crippen molar-refractivity contribution in [2.75, 3.05) is 12.4 Å².